The molecule has 8 nitrogen and oxygen atoms in total. The van der Waals surface area contributed by atoms with E-state index in [-0.39, 0.29) is 48.7 Å². The van der Waals surface area contributed by atoms with Crippen LogP contribution in [0.5, 0.6) is 0 Å². The van der Waals surface area contributed by atoms with Crippen molar-refractivity contribution in [1.29, 1.82) is 0 Å². The summed E-state index contributed by atoms with van der Waals surface area (Å²) in [5.41, 5.74) is -3.96. The fraction of sp³-hybridized carbons (Fsp3) is 0.480. The lowest BCUT2D eigenvalue weighted by Crippen LogP contribution is -2.55. The molecule has 0 radical (unpaired) electrons. The van der Waals surface area contributed by atoms with Crippen LogP contribution in [0.15, 0.2) is 18.2 Å². The van der Waals surface area contributed by atoms with Gasteiger partial charge >= 0.3 is 18.3 Å². The molecule has 3 rings (SSSR count). The van der Waals surface area contributed by atoms with E-state index in [0.29, 0.717) is 17.8 Å². The Kier molecular flexibility index (Phi) is 8.27. The van der Waals surface area contributed by atoms with Gasteiger partial charge in [-0.05, 0) is 38.0 Å². The summed E-state index contributed by atoms with van der Waals surface area (Å²) in [6, 6.07) is -0.0818. The highest BCUT2D eigenvalue weighted by molar-refractivity contribution is 6.05. The first-order chi connectivity index (χ1) is 17.9. The highest BCUT2D eigenvalue weighted by Crippen LogP contribution is 2.37. The van der Waals surface area contributed by atoms with E-state index in [2.05, 4.69) is 9.97 Å². The number of hydrogen-bond acceptors (Lipinski definition) is 6. The molecular weight excluding hydrogens is 534 g/mol. The topological polar surface area (TPSA) is 92.7 Å². The molecule has 1 aliphatic heterocycles. The third kappa shape index (κ3) is 6.31. The minimum absolute atomic E-state index is 0.0508. The van der Waals surface area contributed by atoms with Crippen molar-refractivity contribution in [3.63, 3.8) is 0 Å². The number of nitrogens with zero attached hydrogens (tertiary/aromatic N) is 4. The van der Waals surface area contributed by atoms with E-state index < -0.39 is 52.9 Å². The zero-order chi connectivity index (χ0) is 29.4. The Morgan fingerprint density at radius 2 is 1.51 bits per heavy atom. The van der Waals surface area contributed by atoms with Crippen molar-refractivity contribution in [1.82, 2.24) is 19.8 Å². The Hall–Kier alpha value is -3.71. The van der Waals surface area contributed by atoms with Crippen LogP contribution in [-0.2, 0) is 17.1 Å². The molecule has 14 heteroatoms. The fourth-order valence-electron chi connectivity index (χ4n) is 4.31. The average molecular weight is 560 g/mol. The van der Waals surface area contributed by atoms with Crippen LogP contribution < -0.4 is 0 Å². The van der Waals surface area contributed by atoms with Crippen LogP contribution in [0.25, 0.3) is 0 Å². The molecule has 212 valence electrons. The monoisotopic (exact) mass is 560 g/mol. The molecule has 1 unspecified atom stereocenters. The molecule has 2 heterocycles. The third-order valence-electron chi connectivity index (χ3n) is 6.20. The normalized spacial score (nSPS) is 16.5. The lowest BCUT2D eigenvalue weighted by molar-refractivity contribution is -0.143. The quantitative estimate of drug-likeness (QED) is 0.397. The van der Waals surface area contributed by atoms with Gasteiger partial charge in [-0.25, -0.2) is 14.8 Å². The van der Waals surface area contributed by atoms with Crippen LogP contribution in [-0.4, -0.2) is 70.3 Å². The Bertz CT molecular complexity index is 1260. The second kappa shape index (κ2) is 10.8. The number of benzene rings is 1. The summed E-state index contributed by atoms with van der Waals surface area (Å²) in [5.74, 6) is -2.52. The van der Waals surface area contributed by atoms with E-state index in [1.54, 1.807) is 20.8 Å². The Labute approximate surface area is 220 Å². The Morgan fingerprint density at radius 3 is 1.97 bits per heavy atom. The first-order valence-corrected chi connectivity index (χ1v) is 11.8. The molecular formula is C25H26F6N4O4. The summed E-state index contributed by atoms with van der Waals surface area (Å²) in [6.45, 7) is 6.18. The molecule has 0 saturated carbocycles. The van der Waals surface area contributed by atoms with Crippen molar-refractivity contribution < 1.29 is 45.5 Å². The second-order valence-corrected chi connectivity index (χ2v) is 9.42. The first kappa shape index (κ1) is 29.8. The maximum Gasteiger partial charge on any atom is 0.416 e. The average Bonchev–Trinajstić information content (AvgIpc) is 2.85. The van der Waals surface area contributed by atoms with E-state index in [1.165, 1.54) is 11.8 Å². The molecule has 0 N–H and O–H groups in total. The number of hydrogen-bond donors (Lipinski definition) is 0. The van der Waals surface area contributed by atoms with Gasteiger partial charge in [-0.1, -0.05) is 13.8 Å². The molecule has 0 aliphatic carbocycles. The van der Waals surface area contributed by atoms with Crippen LogP contribution in [0.3, 0.4) is 0 Å². The van der Waals surface area contributed by atoms with Crippen molar-refractivity contribution in [2.45, 2.75) is 52.0 Å². The summed E-state index contributed by atoms with van der Waals surface area (Å²) in [7, 11) is 1.14. The third-order valence-corrected chi connectivity index (χ3v) is 6.20. The number of piperazine rings is 1. The number of esters is 1. The van der Waals surface area contributed by atoms with Crippen molar-refractivity contribution in [2.75, 3.05) is 26.7 Å². The van der Waals surface area contributed by atoms with E-state index in [4.69, 9.17) is 4.74 Å². The van der Waals surface area contributed by atoms with Crippen molar-refractivity contribution >= 4 is 17.8 Å². The van der Waals surface area contributed by atoms with E-state index in [1.807, 2.05) is 0 Å². The minimum Gasteiger partial charge on any atom is -0.465 e. The lowest BCUT2D eigenvalue weighted by Gasteiger charge is -2.40. The van der Waals surface area contributed by atoms with Crippen LogP contribution in [0.2, 0.25) is 0 Å². The van der Waals surface area contributed by atoms with Crippen molar-refractivity contribution in [3.05, 3.63) is 57.7 Å². The summed E-state index contributed by atoms with van der Waals surface area (Å²) in [5, 5.41) is 0. The van der Waals surface area contributed by atoms with Gasteiger partial charge in [0, 0.05) is 31.2 Å². The van der Waals surface area contributed by atoms with Gasteiger partial charge in [0.1, 0.15) is 17.1 Å². The van der Waals surface area contributed by atoms with Crippen LogP contribution in [0.4, 0.5) is 26.3 Å². The molecule has 1 aromatic carbocycles. The Balaban J connectivity index is 1.91. The summed E-state index contributed by atoms with van der Waals surface area (Å²) in [4.78, 5) is 49.9. The summed E-state index contributed by atoms with van der Waals surface area (Å²) < 4.78 is 84.4. The number of carbonyl (C=O) groups excluding carboxylic acids is 3. The molecule has 1 fully saturated rings. The molecule has 1 aliphatic rings. The van der Waals surface area contributed by atoms with Crippen LogP contribution in [0, 0.1) is 6.92 Å². The van der Waals surface area contributed by atoms with Crippen molar-refractivity contribution in [3.8, 4) is 0 Å². The predicted octanol–water partition coefficient (Wildman–Crippen LogP) is 4.72. The molecule has 0 spiro atoms. The van der Waals surface area contributed by atoms with Crippen LogP contribution >= 0.6 is 0 Å². The maximum atomic E-state index is 13.4. The molecule has 1 atom stereocenters. The number of rotatable bonds is 4. The molecule has 0 bridgehead atoms. The predicted molar refractivity (Wildman–Crippen MR) is 125 cm³/mol. The van der Waals surface area contributed by atoms with Gasteiger partial charge in [0.05, 0.1) is 23.9 Å². The molecule has 1 saturated heterocycles. The van der Waals surface area contributed by atoms with Gasteiger partial charge < -0.3 is 14.5 Å². The molecule has 2 aromatic rings. The summed E-state index contributed by atoms with van der Waals surface area (Å²) in [6.07, 6.45) is -10.2. The summed E-state index contributed by atoms with van der Waals surface area (Å²) >= 11 is 0. The van der Waals surface area contributed by atoms with Crippen LogP contribution in [0.1, 0.15) is 80.5 Å². The second-order valence-electron chi connectivity index (χ2n) is 9.42. The first-order valence-electron chi connectivity index (χ1n) is 11.8. The number of methoxy groups -OCH3 is 1. The fourth-order valence-corrected chi connectivity index (χ4v) is 4.31. The number of aryl methyl sites for hydroxylation is 1. The number of carbonyl (C=O) groups is 3. The highest BCUT2D eigenvalue weighted by atomic mass is 19.4. The number of alkyl halides is 6. The van der Waals surface area contributed by atoms with Gasteiger partial charge in [-0.2, -0.15) is 26.3 Å². The van der Waals surface area contributed by atoms with E-state index in [9.17, 15) is 40.7 Å². The van der Waals surface area contributed by atoms with Gasteiger partial charge in [0.15, 0.2) is 0 Å². The SMILES string of the molecule is COC(=O)c1c(C(=O)N2CCN(C(=O)c3cc(C(F)(F)F)cc(C(F)(F)F)c3)C(C)C2)nc(C)nc1C(C)C. The lowest BCUT2D eigenvalue weighted by atomic mass is 10.0. The smallest absolute Gasteiger partial charge is 0.416 e. The largest absolute Gasteiger partial charge is 0.465 e. The number of ether oxygens (including phenoxy) is 1. The number of amides is 2. The van der Waals surface area contributed by atoms with Gasteiger partial charge in [-0.15, -0.1) is 0 Å². The standard InChI is InChI=1S/C25H26F6N4O4/c1-12(2)19-18(23(38)39-5)20(33-14(4)32-19)22(37)34-6-7-35(13(3)11-34)21(36)15-8-16(24(26,27)28)10-17(9-15)25(29,30)31/h8-10,12-13H,6-7,11H2,1-5H3. The maximum absolute atomic E-state index is 13.4. The number of halogens is 6. The molecule has 2 amide bonds. The van der Waals surface area contributed by atoms with E-state index >= 15 is 0 Å². The van der Waals surface area contributed by atoms with Gasteiger partial charge in [0.2, 0.25) is 0 Å². The highest BCUT2D eigenvalue weighted by Gasteiger charge is 2.39. The number of aromatic nitrogens is 2. The van der Waals surface area contributed by atoms with Gasteiger partial charge in [-0.3, -0.25) is 9.59 Å². The molecule has 39 heavy (non-hydrogen) atoms. The zero-order valence-corrected chi connectivity index (χ0v) is 21.7. The van der Waals surface area contributed by atoms with E-state index in [0.717, 1.165) is 12.0 Å². The Morgan fingerprint density at radius 1 is 0.949 bits per heavy atom. The zero-order valence-electron chi connectivity index (χ0n) is 21.7. The van der Waals surface area contributed by atoms with Crippen molar-refractivity contribution in [2.24, 2.45) is 0 Å². The van der Waals surface area contributed by atoms with Gasteiger partial charge in [0.25, 0.3) is 11.8 Å². The molecule has 1 aromatic heterocycles. The minimum atomic E-state index is -5.10.